The summed E-state index contributed by atoms with van der Waals surface area (Å²) in [6.45, 7) is 1.70. The maximum Gasteiger partial charge on any atom is 0.200 e. The van der Waals surface area contributed by atoms with Crippen molar-refractivity contribution in [3.05, 3.63) is 52.3 Å². The van der Waals surface area contributed by atoms with E-state index >= 15 is 0 Å². The molecule has 0 aliphatic heterocycles. The molecule has 0 amide bonds. The van der Waals surface area contributed by atoms with E-state index in [9.17, 15) is 19.4 Å². The van der Waals surface area contributed by atoms with Crippen molar-refractivity contribution in [3.8, 4) is 23.0 Å². The molecule has 0 saturated carbocycles. The standard InChI is InChI=1S/C19H17FO5/c1-9-11(18(22)17-13(21)5-4-12(20)16(9)17)6-10-7-14(24-2)19(23)15(8-10)25-3/h4-9,21,23H,1-3H3/b11-6-/t9-/m0/s1. The predicted molar refractivity (Wildman–Crippen MR) is 90.0 cm³/mol. The highest BCUT2D eigenvalue weighted by Crippen LogP contribution is 2.44. The molecular weight excluding hydrogens is 327 g/mol. The summed E-state index contributed by atoms with van der Waals surface area (Å²) in [4.78, 5) is 12.7. The largest absolute Gasteiger partial charge is 0.507 e. The second-order valence-corrected chi connectivity index (χ2v) is 5.78. The zero-order valence-corrected chi connectivity index (χ0v) is 14.0. The average Bonchev–Trinajstić information content (AvgIpc) is 2.85. The topological polar surface area (TPSA) is 76.0 Å². The summed E-state index contributed by atoms with van der Waals surface area (Å²) in [6.07, 6.45) is 1.58. The number of allylic oxidation sites excluding steroid dienone is 1. The van der Waals surface area contributed by atoms with Crippen LogP contribution in [0.1, 0.15) is 34.3 Å². The number of hydrogen-bond donors (Lipinski definition) is 2. The van der Waals surface area contributed by atoms with E-state index < -0.39 is 17.5 Å². The number of phenols is 2. The van der Waals surface area contributed by atoms with Gasteiger partial charge in [0.15, 0.2) is 17.3 Å². The van der Waals surface area contributed by atoms with Gasteiger partial charge in [0, 0.05) is 17.1 Å². The van der Waals surface area contributed by atoms with Gasteiger partial charge in [-0.05, 0) is 35.9 Å². The third-order valence-electron chi connectivity index (χ3n) is 4.38. The number of benzene rings is 2. The van der Waals surface area contributed by atoms with Crippen LogP contribution < -0.4 is 9.47 Å². The van der Waals surface area contributed by atoms with E-state index in [0.29, 0.717) is 11.1 Å². The van der Waals surface area contributed by atoms with Crippen molar-refractivity contribution < 1.29 is 28.9 Å². The first-order chi connectivity index (χ1) is 11.9. The number of methoxy groups -OCH3 is 2. The normalized spacial score (nSPS) is 17.7. The first-order valence-electron chi connectivity index (χ1n) is 7.61. The lowest BCUT2D eigenvalue weighted by molar-refractivity contribution is 0.103. The molecule has 0 unspecified atom stereocenters. The number of rotatable bonds is 3. The molecule has 6 heteroatoms. The Bertz CT molecular complexity index is 876. The van der Waals surface area contributed by atoms with E-state index in [4.69, 9.17) is 9.47 Å². The Hall–Kier alpha value is -3.02. The van der Waals surface area contributed by atoms with Crippen LogP contribution in [-0.2, 0) is 0 Å². The van der Waals surface area contributed by atoms with Crippen LogP contribution in [0.4, 0.5) is 4.39 Å². The lowest BCUT2D eigenvalue weighted by Crippen LogP contribution is -1.98. The molecule has 3 rings (SSSR count). The van der Waals surface area contributed by atoms with Crippen molar-refractivity contribution in [1.29, 1.82) is 0 Å². The molecule has 0 bridgehead atoms. The Morgan fingerprint density at radius 2 is 1.72 bits per heavy atom. The van der Waals surface area contributed by atoms with E-state index in [0.717, 1.165) is 6.07 Å². The average molecular weight is 344 g/mol. The first-order valence-corrected chi connectivity index (χ1v) is 7.61. The lowest BCUT2D eigenvalue weighted by atomic mass is 9.97. The van der Waals surface area contributed by atoms with Gasteiger partial charge in [0.1, 0.15) is 11.6 Å². The van der Waals surface area contributed by atoms with Crippen LogP contribution in [-0.4, -0.2) is 30.2 Å². The fourth-order valence-corrected chi connectivity index (χ4v) is 3.11. The SMILES string of the molecule is COc1cc(/C=C2\C(=O)c3c(O)ccc(F)c3[C@H]2C)cc(OC)c1O. The number of carbonyl (C=O) groups excluding carboxylic acids is 1. The number of halogens is 1. The Morgan fingerprint density at radius 3 is 2.24 bits per heavy atom. The number of ketones is 1. The van der Waals surface area contributed by atoms with E-state index in [1.807, 2.05) is 0 Å². The van der Waals surface area contributed by atoms with Crippen molar-refractivity contribution in [2.24, 2.45) is 0 Å². The van der Waals surface area contributed by atoms with Crippen LogP contribution in [0.2, 0.25) is 0 Å². The van der Waals surface area contributed by atoms with Crippen molar-refractivity contribution in [2.75, 3.05) is 14.2 Å². The van der Waals surface area contributed by atoms with Gasteiger partial charge in [-0.1, -0.05) is 6.92 Å². The summed E-state index contributed by atoms with van der Waals surface area (Å²) in [5, 5.41) is 19.9. The minimum Gasteiger partial charge on any atom is -0.507 e. The third-order valence-corrected chi connectivity index (χ3v) is 4.38. The van der Waals surface area contributed by atoms with Gasteiger partial charge in [-0.2, -0.15) is 0 Å². The van der Waals surface area contributed by atoms with Gasteiger partial charge >= 0.3 is 0 Å². The number of Topliss-reactive ketones (excluding diaryl/α,β-unsaturated/α-hetero) is 1. The number of hydrogen-bond acceptors (Lipinski definition) is 5. The minimum atomic E-state index is -0.530. The molecule has 0 saturated heterocycles. The second-order valence-electron chi connectivity index (χ2n) is 5.78. The van der Waals surface area contributed by atoms with Crippen LogP contribution >= 0.6 is 0 Å². The van der Waals surface area contributed by atoms with Gasteiger partial charge in [0.2, 0.25) is 5.75 Å². The van der Waals surface area contributed by atoms with Crippen LogP contribution in [0.25, 0.3) is 6.08 Å². The first kappa shape index (κ1) is 16.8. The molecule has 0 aromatic heterocycles. The maximum atomic E-state index is 14.1. The van der Waals surface area contributed by atoms with Crippen molar-refractivity contribution in [2.45, 2.75) is 12.8 Å². The van der Waals surface area contributed by atoms with E-state index in [1.54, 1.807) is 25.1 Å². The summed E-state index contributed by atoms with van der Waals surface area (Å²) in [7, 11) is 2.80. The Labute approximate surface area is 143 Å². The molecule has 1 aliphatic rings. The highest BCUT2D eigenvalue weighted by Gasteiger charge is 2.36. The molecule has 2 N–H and O–H groups in total. The molecule has 0 heterocycles. The minimum absolute atomic E-state index is 0.00328. The molecule has 5 nitrogen and oxygen atoms in total. The van der Waals surface area contributed by atoms with Gasteiger partial charge in [-0.3, -0.25) is 4.79 Å². The summed E-state index contributed by atoms with van der Waals surface area (Å²) >= 11 is 0. The lowest BCUT2D eigenvalue weighted by Gasteiger charge is -2.11. The molecule has 2 aromatic rings. The maximum absolute atomic E-state index is 14.1. The molecule has 130 valence electrons. The number of carbonyl (C=O) groups is 1. The van der Waals surface area contributed by atoms with Crippen molar-refractivity contribution >= 4 is 11.9 Å². The fraction of sp³-hybridized carbons (Fsp3) is 0.211. The van der Waals surface area contributed by atoms with E-state index in [1.165, 1.54) is 20.3 Å². The number of ether oxygens (including phenoxy) is 2. The summed E-state index contributed by atoms with van der Waals surface area (Å²) < 4.78 is 24.3. The highest BCUT2D eigenvalue weighted by molar-refractivity contribution is 6.18. The third kappa shape index (κ3) is 2.59. The molecule has 0 fully saturated rings. The molecule has 25 heavy (non-hydrogen) atoms. The zero-order valence-electron chi connectivity index (χ0n) is 14.0. The molecule has 0 spiro atoms. The molecule has 1 atom stereocenters. The van der Waals surface area contributed by atoms with Gasteiger partial charge in [0.05, 0.1) is 19.8 Å². The van der Waals surface area contributed by atoms with Crippen LogP contribution in [0, 0.1) is 5.82 Å². The second kappa shape index (κ2) is 6.12. The summed E-state index contributed by atoms with van der Waals surface area (Å²) in [5.41, 5.74) is 1.07. The van der Waals surface area contributed by atoms with Crippen molar-refractivity contribution in [1.82, 2.24) is 0 Å². The molecular formula is C19H17FO5. The van der Waals surface area contributed by atoms with Gasteiger partial charge in [0.25, 0.3) is 0 Å². The summed E-state index contributed by atoms with van der Waals surface area (Å²) in [6, 6.07) is 5.41. The highest BCUT2D eigenvalue weighted by atomic mass is 19.1. The monoisotopic (exact) mass is 344 g/mol. The number of phenolic OH excluding ortho intramolecular Hbond substituents is 2. The van der Waals surface area contributed by atoms with Crippen LogP contribution in [0.3, 0.4) is 0 Å². The Morgan fingerprint density at radius 1 is 1.12 bits per heavy atom. The number of fused-ring (bicyclic) bond motifs is 1. The van der Waals surface area contributed by atoms with E-state index in [-0.39, 0.29) is 34.1 Å². The smallest absolute Gasteiger partial charge is 0.200 e. The molecule has 1 aliphatic carbocycles. The zero-order chi connectivity index (χ0) is 18.3. The number of aromatic hydroxyl groups is 2. The van der Waals surface area contributed by atoms with Gasteiger partial charge in [-0.25, -0.2) is 4.39 Å². The predicted octanol–water partition coefficient (Wildman–Crippen LogP) is 3.64. The summed E-state index contributed by atoms with van der Waals surface area (Å²) in [5.74, 6) is -1.47. The van der Waals surface area contributed by atoms with E-state index in [2.05, 4.69) is 0 Å². The Kier molecular flexibility index (Phi) is 4.12. The molecule has 2 aromatic carbocycles. The van der Waals surface area contributed by atoms with Gasteiger partial charge < -0.3 is 19.7 Å². The van der Waals surface area contributed by atoms with Gasteiger partial charge in [-0.15, -0.1) is 0 Å². The Balaban J connectivity index is 2.14. The molecule has 0 radical (unpaired) electrons. The van der Waals surface area contributed by atoms with Crippen LogP contribution in [0.15, 0.2) is 29.8 Å². The van der Waals surface area contributed by atoms with Crippen LogP contribution in [0.5, 0.6) is 23.0 Å². The van der Waals surface area contributed by atoms with Crippen molar-refractivity contribution in [3.63, 3.8) is 0 Å². The fourth-order valence-electron chi connectivity index (χ4n) is 3.11. The quantitative estimate of drug-likeness (QED) is 0.832.